The molecule has 0 amide bonds. The Labute approximate surface area is 68.8 Å². The molecule has 0 aromatic rings. The highest BCUT2D eigenvalue weighted by Gasteiger charge is 2.35. The van der Waals surface area contributed by atoms with Crippen LogP contribution in [0.4, 0.5) is 0 Å². The third kappa shape index (κ3) is 1.42. The largest absolute Gasteiger partial charge is 0.394 e. The first-order chi connectivity index (χ1) is 4.72. The zero-order valence-corrected chi connectivity index (χ0v) is 6.97. The molecule has 0 aliphatic carbocycles. The first-order valence-corrected chi connectivity index (χ1v) is 4.28. The highest BCUT2D eigenvalue weighted by Crippen LogP contribution is 2.22. The number of thiocarbonyl (C=S) groups is 1. The van der Waals surface area contributed by atoms with Gasteiger partial charge >= 0.3 is 0 Å². The topological polar surface area (TPSA) is 52.5 Å². The van der Waals surface area contributed by atoms with E-state index in [1.54, 1.807) is 0 Å². The number of aliphatic hydroxyl groups is 2. The number of thioether (sulfide) groups is 1. The van der Waals surface area contributed by atoms with Crippen LogP contribution in [-0.2, 0) is 0 Å². The van der Waals surface area contributed by atoms with Crippen molar-refractivity contribution < 1.29 is 10.2 Å². The van der Waals surface area contributed by atoms with E-state index < -0.39 is 5.54 Å². The normalized spacial score (nSPS) is 22.8. The van der Waals surface area contributed by atoms with E-state index in [9.17, 15) is 0 Å². The van der Waals surface area contributed by atoms with Crippen LogP contribution in [0.25, 0.3) is 0 Å². The molecule has 0 spiro atoms. The average Bonchev–Trinajstić information content (AvgIpc) is 2.33. The molecule has 5 heteroatoms. The quantitative estimate of drug-likeness (QED) is 0.491. The maximum atomic E-state index is 8.84. The fourth-order valence-corrected chi connectivity index (χ4v) is 2.06. The molecule has 1 heterocycles. The molecule has 0 radical (unpaired) electrons. The molecule has 58 valence electrons. The lowest BCUT2D eigenvalue weighted by molar-refractivity contribution is 0.126. The third-order valence-corrected chi connectivity index (χ3v) is 2.97. The van der Waals surface area contributed by atoms with Crippen LogP contribution in [0.3, 0.4) is 0 Å². The van der Waals surface area contributed by atoms with Gasteiger partial charge in [0, 0.05) is 5.75 Å². The fraction of sp³-hybridized carbons (Fsp3) is 0.800. The number of nitrogens with one attached hydrogen (secondary N) is 1. The highest BCUT2D eigenvalue weighted by molar-refractivity contribution is 8.23. The Bertz CT molecular complexity index is 147. The Kier molecular flexibility index (Phi) is 2.51. The summed E-state index contributed by atoms with van der Waals surface area (Å²) in [5.74, 6) is 0.652. The molecule has 0 bridgehead atoms. The summed E-state index contributed by atoms with van der Waals surface area (Å²) in [6.45, 7) is -0.146. The summed E-state index contributed by atoms with van der Waals surface area (Å²) in [4.78, 5) is 0. The van der Waals surface area contributed by atoms with Crippen molar-refractivity contribution >= 4 is 28.3 Å². The van der Waals surface area contributed by atoms with E-state index in [2.05, 4.69) is 5.32 Å². The van der Waals surface area contributed by atoms with Crippen LogP contribution in [0, 0.1) is 0 Å². The number of hydrogen-bond acceptors (Lipinski definition) is 4. The number of rotatable bonds is 2. The lowest BCUT2D eigenvalue weighted by Gasteiger charge is -2.22. The Hall–Kier alpha value is 0.160. The summed E-state index contributed by atoms with van der Waals surface area (Å²) >= 11 is 6.28. The van der Waals surface area contributed by atoms with E-state index in [-0.39, 0.29) is 13.2 Å². The van der Waals surface area contributed by atoms with Crippen LogP contribution in [0.5, 0.6) is 0 Å². The molecule has 10 heavy (non-hydrogen) atoms. The van der Waals surface area contributed by atoms with Gasteiger partial charge in [-0.15, -0.1) is 0 Å². The van der Waals surface area contributed by atoms with Crippen LogP contribution in [0.15, 0.2) is 0 Å². The van der Waals surface area contributed by atoms with Gasteiger partial charge in [-0.05, 0) is 0 Å². The van der Waals surface area contributed by atoms with Gasteiger partial charge in [0.25, 0.3) is 0 Å². The zero-order valence-electron chi connectivity index (χ0n) is 5.33. The second-order valence-corrected chi connectivity index (χ2v) is 3.95. The smallest absolute Gasteiger partial charge is 0.134 e. The highest BCUT2D eigenvalue weighted by atomic mass is 32.2. The van der Waals surface area contributed by atoms with E-state index >= 15 is 0 Å². The molecule has 1 fully saturated rings. The molecule has 1 aliphatic heterocycles. The van der Waals surface area contributed by atoms with Gasteiger partial charge in [0.05, 0.1) is 18.8 Å². The average molecular weight is 179 g/mol. The third-order valence-electron chi connectivity index (χ3n) is 1.45. The summed E-state index contributed by atoms with van der Waals surface area (Å²) in [5, 5.41) is 20.5. The van der Waals surface area contributed by atoms with Crippen LogP contribution in [-0.4, -0.2) is 39.0 Å². The summed E-state index contributed by atoms with van der Waals surface area (Å²) in [7, 11) is 0. The second-order valence-electron chi connectivity index (χ2n) is 2.30. The first kappa shape index (κ1) is 8.26. The summed E-state index contributed by atoms with van der Waals surface area (Å²) in [6, 6.07) is 0. The van der Waals surface area contributed by atoms with Crippen molar-refractivity contribution in [3.63, 3.8) is 0 Å². The molecule has 1 saturated heterocycles. The van der Waals surface area contributed by atoms with E-state index in [1.807, 2.05) is 0 Å². The van der Waals surface area contributed by atoms with Crippen LogP contribution in [0.2, 0.25) is 0 Å². The van der Waals surface area contributed by atoms with Crippen molar-refractivity contribution in [2.45, 2.75) is 5.54 Å². The summed E-state index contributed by atoms with van der Waals surface area (Å²) in [6.07, 6.45) is 0. The van der Waals surface area contributed by atoms with Gasteiger partial charge in [0.1, 0.15) is 4.32 Å². The summed E-state index contributed by atoms with van der Waals surface area (Å²) < 4.78 is 0.656. The zero-order chi connectivity index (χ0) is 7.61. The number of aliphatic hydroxyl groups excluding tert-OH is 2. The lowest BCUT2D eigenvalue weighted by Crippen LogP contribution is -2.50. The minimum absolute atomic E-state index is 0.0728. The van der Waals surface area contributed by atoms with Crippen molar-refractivity contribution in [3.05, 3.63) is 0 Å². The van der Waals surface area contributed by atoms with E-state index in [0.29, 0.717) is 10.1 Å². The van der Waals surface area contributed by atoms with Crippen LogP contribution in [0.1, 0.15) is 0 Å². The summed E-state index contributed by atoms with van der Waals surface area (Å²) in [5.41, 5.74) is -0.568. The minimum Gasteiger partial charge on any atom is -0.394 e. The first-order valence-electron chi connectivity index (χ1n) is 2.89. The van der Waals surface area contributed by atoms with Crippen molar-refractivity contribution in [3.8, 4) is 0 Å². The Morgan fingerprint density at radius 2 is 2.20 bits per heavy atom. The Balaban J connectivity index is 2.59. The van der Waals surface area contributed by atoms with Gasteiger partial charge in [-0.2, -0.15) is 0 Å². The molecule has 0 aromatic heterocycles. The molecule has 1 aliphatic rings. The predicted molar refractivity (Wildman–Crippen MR) is 45.1 cm³/mol. The minimum atomic E-state index is -0.568. The van der Waals surface area contributed by atoms with Crippen molar-refractivity contribution in [2.24, 2.45) is 0 Å². The van der Waals surface area contributed by atoms with E-state index in [4.69, 9.17) is 22.4 Å². The van der Waals surface area contributed by atoms with E-state index in [0.717, 1.165) is 0 Å². The SMILES string of the molecule is OCC1(CO)CSC(=S)N1. The van der Waals surface area contributed by atoms with Gasteiger partial charge in [-0.1, -0.05) is 24.0 Å². The molecule has 3 N–H and O–H groups in total. The van der Waals surface area contributed by atoms with Crippen LogP contribution >= 0.6 is 24.0 Å². The molecule has 3 nitrogen and oxygen atoms in total. The molecule has 0 atom stereocenters. The molecule has 0 saturated carbocycles. The monoisotopic (exact) mass is 179 g/mol. The fourth-order valence-electron chi connectivity index (χ4n) is 0.713. The molecule has 1 rings (SSSR count). The Morgan fingerprint density at radius 1 is 1.60 bits per heavy atom. The maximum Gasteiger partial charge on any atom is 0.134 e. The van der Waals surface area contributed by atoms with Gasteiger partial charge < -0.3 is 15.5 Å². The van der Waals surface area contributed by atoms with Gasteiger partial charge in [0.15, 0.2) is 0 Å². The second kappa shape index (κ2) is 3.04. The van der Waals surface area contributed by atoms with Gasteiger partial charge in [-0.3, -0.25) is 0 Å². The van der Waals surface area contributed by atoms with Crippen LogP contribution < -0.4 is 5.32 Å². The van der Waals surface area contributed by atoms with Gasteiger partial charge in [-0.25, -0.2) is 0 Å². The van der Waals surface area contributed by atoms with Crippen molar-refractivity contribution in [1.29, 1.82) is 0 Å². The molecule has 0 unspecified atom stereocenters. The lowest BCUT2D eigenvalue weighted by atomic mass is 10.1. The molecular weight excluding hydrogens is 170 g/mol. The standard InChI is InChI=1S/C5H9NO2S2/c7-1-5(2-8)3-10-4(9)6-5/h7-8H,1-3H2,(H,6,9). The van der Waals surface area contributed by atoms with Crippen molar-refractivity contribution in [2.75, 3.05) is 19.0 Å². The predicted octanol–water partition coefficient (Wildman–Crippen LogP) is -0.669. The van der Waals surface area contributed by atoms with Gasteiger partial charge in [0.2, 0.25) is 0 Å². The maximum absolute atomic E-state index is 8.84. The van der Waals surface area contributed by atoms with Crippen molar-refractivity contribution in [1.82, 2.24) is 5.32 Å². The molecule has 0 aromatic carbocycles. The molecular formula is C5H9NO2S2. The van der Waals surface area contributed by atoms with E-state index in [1.165, 1.54) is 11.8 Å². The number of hydrogen-bond donors (Lipinski definition) is 3. The Morgan fingerprint density at radius 3 is 2.40 bits per heavy atom.